The average Bonchev–Trinajstić information content (AvgIpc) is 3.41. The van der Waals surface area contributed by atoms with Crippen LogP contribution >= 0.6 is 11.3 Å². The molecule has 9 nitrogen and oxygen atoms in total. The summed E-state index contributed by atoms with van der Waals surface area (Å²) in [5.74, 6) is -0.410. The molecule has 41 heavy (non-hydrogen) atoms. The minimum Gasteiger partial charge on any atom is -0.491 e. The summed E-state index contributed by atoms with van der Waals surface area (Å²) in [5, 5.41) is 13.2. The average molecular weight is 567 g/mol. The monoisotopic (exact) mass is 566 g/mol. The first-order valence-electron chi connectivity index (χ1n) is 13.2. The molecule has 3 heterocycles. The molecule has 0 radical (unpaired) electrons. The first kappa shape index (κ1) is 26.3. The molecule has 1 aliphatic rings. The minimum atomic E-state index is -1.18. The number of hydrogen-bond donors (Lipinski definition) is 2. The lowest BCUT2D eigenvalue weighted by molar-refractivity contribution is 0.0685. The van der Waals surface area contributed by atoms with Gasteiger partial charge in [0, 0.05) is 5.56 Å². The summed E-state index contributed by atoms with van der Waals surface area (Å²) in [6.45, 7) is 1.05. The van der Waals surface area contributed by atoms with Gasteiger partial charge in [-0.2, -0.15) is 0 Å². The van der Waals surface area contributed by atoms with E-state index in [-0.39, 0.29) is 17.5 Å². The van der Waals surface area contributed by atoms with Crippen molar-refractivity contribution in [2.75, 3.05) is 30.0 Å². The standard InChI is InChI=1S/C31H26N4O5S/c36-29(37)28-26(39-17-6-9-20-7-2-1-3-8-20)15-13-22(32-28)21-12-14-25-24(19-21)35(16-18-40-25)31(38)34-30-33-23-10-4-5-11-27(23)41-30/h1-5,7-8,10-15,19H,6,9,16-18H2,(H,36,37)(H,33,34,38). The Hall–Kier alpha value is -4.96. The van der Waals surface area contributed by atoms with Gasteiger partial charge in [0.1, 0.15) is 12.4 Å². The Balaban J connectivity index is 1.20. The molecule has 0 unspecified atom stereocenters. The van der Waals surface area contributed by atoms with Crippen LogP contribution in [-0.4, -0.2) is 46.8 Å². The molecule has 3 aromatic carbocycles. The summed E-state index contributed by atoms with van der Waals surface area (Å²) in [7, 11) is 0. The van der Waals surface area contributed by atoms with Crippen LogP contribution in [0.15, 0.2) is 84.9 Å². The first-order chi connectivity index (χ1) is 20.0. The van der Waals surface area contributed by atoms with Gasteiger partial charge in [-0.3, -0.25) is 10.2 Å². The minimum absolute atomic E-state index is 0.165. The van der Waals surface area contributed by atoms with Crippen molar-refractivity contribution in [2.45, 2.75) is 12.8 Å². The molecule has 1 aliphatic heterocycles. The van der Waals surface area contributed by atoms with E-state index in [1.807, 2.05) is 54.6 Å². The molecule has 0 atom stereocenters. The summed E-state index contributed by atoms with van der Waals surface area (Å²) >= 11 is 1.40. The van der Waals surface area contributed by atoms with Crippen LogP contribution in [-0.2, 0) is 6.42 Å². The van der Waals surface area contributed by atoms with E-state index in [9.17, 15) is 14.7 Å². The third-order valence-corrected chi connectivity index (χ3v) is 7.59. The molecule has 10 heteroatoms. The molecule has 2 amide bonds. The smallest absolute Gasteiger partial charge is 0.358 e. The number of aromatic carboxylic acids is 1. The molecule has 0 saturated heterocycles. The van der Waals surface area contributed by atoms with E-state index in [1.54, 1.807) is 35.2 Å². The third kappa shape index (κ3) is 5.82. The Morgan fingerprint density at radius 2 is 1.83 bits per heavy atom. The summed E-state index contributed by atoms with van der Waals surface area (Å²) in [6.07, 6.45) is 1.57. The van der Waals surface area contributed by atoms with E-state index >= 15 is 0 Å². The molecule has 2 aromatic heterocycles. The zero-order valence-corrected chi connectivity index (χ0v) is 22.8. The van der Waals surface area contributed by atoms with E-state index in [0.29, 0.717) is 47.6 Å². The number of aryl methyl sites for hydroxylation is 1. The van der Waals surface area contributed by atoms with E-state index < -0.39 is 5.97 Å². The van der Waals surface area contributed by atoms with E-state index in [1.165, 1.54) is 16.9 Å². The van der Waals surface area contributed by atoms with Gasteiger partial charge in [-0.05, 0) is 60.9 Å². The quantitative estimate of drug-likeness (QED) is 0.206. The molecule has 2 N–H and O–H groups in total. The van der Waals surface area contributed by atoms with Gasteiger partial charge >= 0.3 is 12.0 Å². The van der Waals surface area contributed by atoms with Crippen molar-refractivity contribution < 1.29 is 24.2 Å². The fourth-order valence-electron chi connectivity index (χ4n) is 4.65. The van der Waals surface area contributed by atoms with Crippen LogP contribution in [0.5, 0.6) is 11.5 Å². The van der Waals surface area contributed by atoms with Gasteiger partial charge in [-0.1, -0.05) is 53.8 Å². The fourth-order valence-corrected chi connectivity index (χ4v) is 5.51. The Morgan fingerprint density at radius 3 is 2.66 bits per heavy atom. The van der Waals surface area contributed by atoms with Gasteiger partial charge in [0.25, 0.3) is 0 Å². The van der Waals surface area contributed by atoms with Gasteiger partial charge < -0.3 is 14.6 Å². The van der Waals surface area contributed by atoms with Crippen LogP contribution in [0.4, 0.5) is 15.6 Å². The second-order valence-electron chi connectivity index (χ2n) is 9.39. The molecule has 5 aromatic rings. The lowest BCUT2D eigenvalue weighted by Gasteiger charge is -2.29. The number of pyridine rings is 1. The van der Waals surface area contributed by atoms with Crippen LogP contribution in [0.25, 0.3) is 21.5 Å². The van der Waals surface area contributed by atoms with Gasteiger partial charge in [-0.15, -0.1) is 0 Å². The van der Waals surface area contributed by atoms with Crippen molar-refractivity contribution in [3.05, 3.63) is 96.2 Å². The van der Waals surface area contributed by atoms with Crippen LogP contribution < -0.4 is 19.7 Å². The number of carbonyl (C=O) groups excluding carboxylic acids is 1. The Labute approximate surface area is 240 Å². The molecule has 206 valence electrons. The van der Waals surface area contributed by atoms with Crippen LogP contribution in [0.1, 0.15) is 22.5 Å². The number of amides is 2. The Morgan fingerprint density at radius 1 is 1.00 bits per heavy atom. The number of nitrogens with zero attached hydrogens (tertiary/aromatic N) is 3. The summed E-state index contributed by atoms with van der Waals surface area (Å²) in [6, 6.07) is 26.1. The predicted molar refractivity (Wildman–Crippen MR) is 158 cm³/mol. The van der Waals surface area contributed by atoms with E-state index in [4.69, 9.17) is 9.47 Å². The maximum absolute atomic E-state index is 13.3. The predicted octanol–water partition coefficient (Wildman–Crippen LogP) is 6.50. The molecule has 0 saturated carbocycles. The number of hydrogen-bond acceptors (Lipinski definition) is 7. The Kier molecular flexibility index (Phi) is 7.46. The number of fused-ring (bicyclic) bond motifs is 2. The number of carbonyl (C=O) groups is 2. The van der Waals surface area contributed by atoms with Gasteiger partial charge in [0.2, 0.25) is 0 Å². The summed E-state index contributed by atoms with van der Waals surface area (Å²) in [5.41, 5.74) is 3.50. The highest BCUT2D eigenvalue weighted by Crippen LogP contribution is 2.37. The zero-order valence-electron chi connectivity index (χ0n) is 21.9. The fraction of sp³-hybridized carbons (Fsp3) is 0.161. The SMILES string of the molecule is O=C(O)c1nc(-c2ccc3c(c2)N(C(=O)Nc2nc4ccccc4s2)CCO3)ccc1OCCCc1ccccc1. The largest absolute Gasteiger partial charge is 0.491 e. The number of urea groups is 1. The molecular weight excluding hydrogens is 540 g/mol. The number of rotatable bonds is 8. The lowest BCUT2D eigenvalue weighted by atomic mass is 10.1. The second kappa shape index (κ2) is 11.6. The molecule has 0 aliphatic carbocycles. The van der Waals surface area contributed by atoms with Gasteiger partial charge in [-0.25, -0.2) is 19.6 Å². The normalized spacial score (nSPS) is 12.4. The molecular formula is C31H26N4O5S. The maximum atomic E-state index is 13.3. The number of aromatic nitrogens is 2. The molecule has 0 bridgehead atoms. The summed E-state index contributed by atoms with van der Waals surface area (Å²) in [4.78, 5) is 35.8. The number of carboxylic acids is 1. The van der Waals surface area contributed by atoms with Gasteiger partial charge in [0.15, 0.2) is 16.6 Å². The molecule has 0 fully saturated rings. The molecule has 0 spiro atoms. The first-order valence-corrected chi connectivity index (χ1v) is 14.0. The van der Waals surface area contributed by atoms with Gasteiger partial charge in [0.05, 0.1) is 34.7 Å². The van der Waals surface area contributed by atoms with Crippen LogP contribution in [0, 0.1) is 0 Å². The van der Waals surface area contributed by atoms with Crippen LogP contribution in [0.2, 0.25) is 0 Å². The highest BCUT2D eigenvalue weighted by molar-refractivity contribution is 7.22. The number of anilines is 2. The number of para-hydroxylation sites is 1. The highest BCUT2D eigenvalue weighted by Gasteiger charge is 2.26. The lowest BCUT2D eigenvalue weighted by Crippen LogP contribution is -2.40. The van der Waals surface area contributed by atoms with E-state index in [0.717, 1.165) is 23.1 Å². The van der Waals surface area contributed by atoms with Crippen molar-refractivity contribution in [1.29, 1.82) is 0 Å². The van der Waals surface area contributed by atoms with Crippen molar-refractivity contribution in [3.63, 3.8) is 0 Å². The topological polar surface area (TPSA) is 114 Å². The number of carboxylic acid groups (broad SMARTS) is 1. The number of nitrogens with one attached hydrogen (secondary N) is 1. The molecule has 6 rings (SSSR count). The van der Waals surface area contributed by atoms with E-state index in [2.05, 4.69) is 15.3 Å². The number of ether oxygens (including phenoxy) is 2. The number of thiazole rings is 1. The van der Waals surface area contributed by atoms with Crippen molar-refractivity contribution in [2.24, 2.45) is 0 Å². The Bertz CT molecular complexity index is 1690. The zero-order chi connectivity index (χ0) is 28.2. The van der Waals surface area contributed by atoms with Crippen molar-refractivity contribution in [1.82, 2.24) is 9.97 Å². The summed E-state index contributed by atoms with van der Waals surface area (Å²) < 4.78 is 12.6. The highest BCUT2D eigenvalue weighted by atomic mass is 32.1. The third-order valence-electron chi connectivity index (χ3n) is 6.64. The van der Waals surface area contributed by atoms with Crippen molar-refractivity contribution >= 4 is 44.4 Å². The van der Waals surface area contributed by atoms with Crippen molar-refractivity contribution in [3.8, 4) is 22.8 Å². The van der Waals surface area contributed by atoms with Crippen LogP contribution in [0.3, 0.4) is 0 Å². The second-order valence-corrected chi connectivity index (χ2v) is 10.4. The number of benzene rings is 3. The maximum Gasteiger partial charge on any atom is 0.358 e.